The van der Waals surface area contributed by atoms with Gasteiger partial charge in [0.2, 0.25) is 0 Å². The molecule has 0 bridgehead atoms. The van der Waals surface area contributed by atoms with Crippen LogP contribution in [0.5, 0.6) is 0 Å². The van der Waals surface area contributed by atoms with Crippen molar-refractivity contribution in [3.63, 3.8) is 0 Å². The van der Waals surface area contributed by atoms with Gasteiger partial charge in [0, 0.05) is 21.0 Å². The van der Waals surface area contributed by atoms with Crippen LogP contribution in [0, 0.1) is 13.8 Å². The molecule has 1 unspecified atom stereocenters. The average molecular weight is 262 g/mol. The molecule has 0 N–H and O–H groups in total. The number of aliphatic imine (C=N–C) groups is 1. The fourth-order valence-electron chi connectivity index (χ4n) is 1.92. The summed E-state index contributed by atoms with van der Waals surface area (Å²) in [5.41, 5.74) is 4.11. The molecule has 0 fully saturated rings. The number of hydrogen-bond acceptors (Lipinski definition) is 3. The molecule has 0 saturated carbocycles. The minimum atomic E-state index is -0.266. The highest BCUT2D eigenvalue weighted by atomic mass is 16.5. The fraction of sp³-hybridized carbons (Fsp3) is 0.467. The van der Waals surface area contributed by atoms with Crippen LogP contribution in [0.1, 0.15) is 36.6 Å². The maximum atomic E-state index is 11.0. The highest BCUT2D eigenvalue weighted by Gasteiger charge is 2.12. The van der Waals surface area contributed by atoms with Gasteiger partial charge in [-0.05, 0) is 37.5 Å². The lowest BCUT2D eigenvalue weighted by atomic mass is 10.0. The van der Waals surface area contributed by atoms with Crippen LogP contribution < -0.4 is 0 Å². The molecule has 0 aliphatic rings. The van der Waals surface area contributed by atoms with Crippen molar-refractivity contribution in [2.24, 2.45) is 4.99 Å². The Hall–Kier alpha value is -1.84. The third kappa shape index (κ3) is 4.39. The predicted molar refractivity (Wildman–Crippen MR) is 77.9 cm³/mol. The lowest BCUT2D eigenvalue weighted by molar-refractivity contribution is -0.145. The number of benzene rings is 1. The highest BCUT2D eigenvalue weighted by Crippen LogP contribution is 2.28. The summed E-state index contributed by atoms with van der Waals surface area (Å²) in [5.74, 6) is -0.266. The number of rotatable bonds is 4. The number of aryl methyl sites for hydroxylation is 2. The van der Waals surface area contributed by atoms with E-state index in [1.165, 1.54) is 6.92 Å². The van der Waals surface area contributed by atoms with E-state index in [-0.39, 0.29) is 12.1 Å². The first-order valence-corrected chi connectivity index (χ1v) is 6.30. The van der Waals surface area contributed by atoms with Crippen molar-refractivity contribution in [3.8, 4) is 0 Å². The highest BCUT2D eigenvalue weighted by molar-refractivity contribution is 5.67. The van der Waals surface area contributed by atoms with Crippen molar-refractivity contribution in [2.45, 2.75) is 33.8 Å². The van der Waals surface area contributed by atoms with Gasteiger partial charge in [0.1, 0.15) is 6.10 Å². The summed E-state index contributed by atoms with van der Waals surface area (Å²) in [7, 11) is 3.87. The van der Waals surface area contributed by atoms with Crippen molar-refractivity contribution < 1.29 is 9.53 Å². The zero-order valence-electron chi connectivity index (χ0n) is 12.5. The first-order chi connectivity index (χ1) is 8.81. The van der Waals surface area contributed by atoms with Crippen molar-refractivity contribution in [1.29, 1.82) is 0 Å². The van der Waals surface area contributed by atoms with E-state index in [1.54, 1.807) is 6.34 Å². The first kappa shape index (κ1) is 15.2. The molecule has 0 aliphatic carbocycles. The topological polar surface area (TPSA) is 41.9 Å². The molecule has 4 heteroatoms. The second-order valence-electron chi connectivity index (χ2n) is 4.96. The number of ether oxygens (including phenoxy) is 1. The van der Waals surface area contributed by atoms with Crippen LogP contribution in [0.3, 0.4) is 0 Å². The van der Waals surface area contributed by atoms with E-state index in [1.807, 2.05) is 51.9 Å². The van der Waals surface area contributed by atoms with Gasteiger partial charge in [0.25, 0.3) is 0 Å². The van der Waals surface area contributed by atoms with Crippen LogP contribution in [0.15, 0.2) is 17.1 Å². The second kappa shape index (κ2) is 6.36. The van der Waals surface area contributed by atoms with Crippen LogP contribution in [0.25, 0.3) is 0 Å². The van der Waals surface area contributed by atoms with E-state index in [2.05, 4.69) is 4.99 Å². The summed E-state index contributed by atoms with van der Waals surface area (Å²) < 4.78 is 5.20. The monoisotopic (exact) mass is 262 g/mol. The van der Waals surface area contributed by atoms with Crippen molar-refractivity contribution in [1.82, 2.24) is 4.90 Å². The Morgan fingerprint density at radius 3 is 2.26 bits per heavy atom. The van der Waals surface area contributed by atoms with Gasteiger partial charge < -0.3 is 9.64 Å². The number of nitrogens with zero attached hydrogens (tertiary/aromatic N) is 2. The molecule has 1 aromatic rings. The predicted octanol–water partition coefficient (Wildman–Crippen LogP) is 3.15. The van der Waals surface area contributed by atoms with E-state index in [0.717, 1.165) is 22.4 Å². The van der Waals surface area contributed by atoms with Crippen LogP contribution >= 0.6 is 0 Å². The molecule has 4 nitrogen and oxygen atoms in total. The van der Waals surface area contributed by atoms with Crippen molar-refractivity contribution in [3.05, 3.63) is 28.8 Å². The molecule has 1 aromatic carbocycles. The zero-order valence-corrected chi connectivity index (χ0v) is 12.5. The standard InChI is InChI=1S/C15H22N2O2/c1-10-7-14(12(3)19-13(4)18)8-11(2)15(10)16-9-17(5)6/h7-9,12H,1-6H3. The molecule has 0 heterocycles. The lowest BCUT2D eigenvalue weighted by Crippen LogP contribution is -2.08. The van der Waals surface area contributed by atoms with Gasteiger partial charge in [0.05, 0.1) is 12.0 Å². The van der Waals surface area contributed by atoms with Gasteiger partial charge in [-0.3, -0.25) is 4.79 Å². The van der Waals surface area contributed by atoms with Crippen LogP contribution in [0.4, 0.5) is 5.69 Å². The molecular weight excluding hydrogens is 240 g/mol. The fourth-order valence-corrected chi connectivity index (χ4v) is 1.92. The molecular formula is C15H22N2O2. The Morgan fingerprint density at radius 2 is 1.84 bits per heavy atom. The summed E-state index contributed by atoms with van der Waals surface area (Å²) in [6, 6.07) is 4.03. The summed E-state index contributed by atoms with van der Waals surface area (Å²) in [6.07, 6.45) is 1.55. The maximum Gasteiger partial charge on any atom is 0.303 e. The van der Waals surface area contributed by atoms with Gasteiger partial charge in [-0.25, -0.2) is 4.99 Å². The lowest BCUT2D eigenvalue weighted by Gasteiger charge is -2.15. The molecule has 104 valence electrons. The third-order valence-corrected chi connectivity index (χ3v) is 2.74. The summed E-state index contributed by atoms with van der Waals surface area (Å²) in [5, 5.41) is 0. The normalized spacial score (nSPS) is 12.5. The van der Waals surface area contributed by atoms with Crippen LogP contribution in [-0.4, -0.2) is 31.3 Å². The largest absolute Gasteiger partial charge is 0.458 e. The number of carbonyl (C=O) groups is 1. The first-order valence-electron chi connectivity index (χ1n) is 6.30. The molecule has 0 aliphatic heterocycles. The van der Waals surface area contributed by atoms with Gasteiger partial charge in [0.15, 0.2) is 0 Å². The van der Waals surface area contributed by atoms with E-state index >= 15 is 0 Å². The number of esters is 1. The quantitative estimate of drug-likeness (QED) is 0.475. The minimum Gasteiger partial charge on any atom is -0.458 e. The molecule has 1 atom stereocenters. The Labute approximate surface area is 115 Å². The van der Waals surface area contributed by atoms with Crippen molar-refractivity contribution in [2.75, 3.05) is 14.1 Å². The van der Waals surface area contributed by atoms with Gasteiger partial charge in [-0.2, -0.15) is 0 Å². The van der Waals surface area contributed by atoms with E-state index < -0.39 is 0 Å². The Balaban J connectivity index is 3.06. The summed E-state index contributed by atoms with van der Waals surface area (Å²) in [4.78, 5) is 17.3. The molecule has 0 radical (unpaired) electrons. The van der Waals surface area contributed by atoms with Crippen molar-refractivity contribution >= 4 is 18.0 Å². The molecule has 0 amide bonds. The van der Waals surface area contributed by atoms with Gasteiger partial charge in [-0.15, -0.1) is 0 Å². The summed E-state index contributed by atoms with van der Waals surface area (Å²) in [6.45, 7) is 7.32. The smallest absolute Gasteiger partial charge is 0.303 e. The third-order valence-electron chi connectivity index (χ3n) is 2.74. The van der Waals surface area contributed by atoms with E-state index in [0.29, 0.717) is 0 Å². The Kier molecular flexibility index (Phi) is 5.10. The van der Waals surface area contributed by atoms with Crippen LogP contribution in [-0.2, 0) is 9.53 Å². The Morgan fingerprint density at radius 1 is 1.32 bits per heavy atom. The van der Waals surface area contributed by atoms with E-state index in [9.17, 15) is 4.79 Å². The summed E-state index contributed by atoms with van der Waals surface area (Å²) >= 11 is 0. The Bertz CT molecular complexity index is 470. The van der Waals surface area contributed by atoms with Gasteiger partial charge >= 0.3 is 5.97 Å². The average Bonchev–Trinajstić information content (AvgIpc) is 2.26. The molecule has 0 aromatic heterocycles. The zero-order chi connectivity index (χ0) is 14.6. The number of carbonyl (C=O) groups excluding carboxylic acids is 1. The molecule has 19 heavy (non-hydrogen) atoms. The minimum absolute atomic E-state index is 0.234. The number of hydrogen-bond donors (Lipinski definition) is 0. The van der Waals surface area contributed by atoms with Crippen LogP contribution in [0.2, 0.25) is 0 Å². The molecule has 1 rings (SSSR count). The molecule has 0 spiro atoms. The van der Waals surface area contributed by atoms with Gasteiger partial charge in [-0.1, -0.05) is 12.1 Å². The maximum absolute atomic E-state index is 11.0. The van der Waals surface area contributed by atoms with E-state index in [4.69, 9.17) is 4.74 Å². The second-order valence-corrected chi connectivity index (χ2v) is 4.96. The SMILES string of the molecule is CC(=O)OC(C)c1cc(C)c(N=CN(C)C)c(C)c1. The molecule has 0 saturated heterocycles.